The van der Waals surface area contributed by atoms with Crippen LogP contribution in [0.2, 0.25) is 0 Å². The predicted octanol–water partition coefficient (Wildman–Crippen LogP) is 7.39. The molecule has 0 aliphatic rings. The number of fused-ring (bicyclic) bond motifs is 3. The molecule has 8 heteroatoms. The van der Waals surface area contributed by atoms with Gasteiger partial charge in [0.15, 0.2) is 5.82 Å². The monoisotopic (exact) mass is 626 g/mol. The maximum atomic E-state index is 11.3. The third kappa shape index (κ3) is 6.52. The minimum atomic E-state index is -1.05. The van der Waals surface area contributed by atoms with Crippen molar-refractivity contribution >= 4 is 39.8 Å². The van der Waals surface area contributed by atoms with Gasteiger partial charge in [-0.2, -0.15) is 0 Å². The van der Waals surface area contributed by atoms with Crippen molar-refractivity contribution in [1.29, 1.82) is 0 Å². The van der Waals surface area contributed by atoms with Gasteiger partial charge >= 0.3 is 5.97 Å². The van der Waals surface area contributed by atoms with Gasteiger partial charge in [0.1, 0.15) is 23.5 Å². The van der Waals surface area contributed by atoms with Crippen LogP contribution in [0.5, 0.6) is 0 Å². The summed E-state index contributed by atoms with van der Waals surface area (Å²) in [6, 6.07) is 36.5. The highest BCUT2D eigenvalue weighted by molar-refractivity contribution is 6.08. The highest BCUT2D eigenvalue weighted by Crippen LogP contribution is 2.42. The third-order valence-corrected chi connectivity index (χ3v) is 8.11. The number of anilines is 1. The molecule has 0 radical (unpaired) electrons. The number of nitrogens with one attached hydrogen (secondary N) is 1. The smallest absolute Gasteiger partial charge is 0.328 e. The number of ether oxygens (including phenoxy) is 1. The summed E-state index contributed by atoms with van der Waals surface area (Å²) in [6.07, 6.45) is 2.67. The number of imidazole rings is 1. The fraction of sp³-hybridized carbons (Fsp3) is 0.205. The normalized spacial score (nSPS) is 12.3. The summed E-state index contributed by atoms with van der Waals surface area (Å²) in [6.45, 7) is 6.51. The summed E-state index contributed by atoms with van der Waals surface area (Å²) >= 11 is 0. The molecular formula is C39H38N4O4. The van der Waals surface area contributed by atoms with E-state index in [0.29, 0.717) is 34.8 Å². The Morgan fingerprint density at radius 2 is 1.45 bits per heavy atom. The molecule has 0 aliphatic carbocycles. The Kier molecular flexibility index (Phi) is 8.89. The van der Waals surface area contributed by atoms with E-state index in [1.165, 1.54) is 0 Å². The standard InChI is InChI=1S/C39H38N4O4/c1-4-47-25-33-41-35-36(43(33)26-38(2,3)46)31-22-20-27(21-23-34(44)45)24-32(31)40-37(35)42-39(28-14-8-5-9-15-28,29-16-10-6-11-17-29)30-18-12-7-13-19-30/h5-24,46H,4,25-26H2,1-3H3,(H,40,42)(H,44,45). The number of hydrogen-bond donors (Lipinski definition) is 3. The lowest BCUT2D eigenvalue weighted by molar-refractivity contribution is -0.131. The largest absolute Gasteiger partial charge is 0.478 e. The molecule has 0 saturated heterocycles. The van der Waals surface area contributed by atoms with Gasteiger partial charge in [0.2, 0.25) is 0 Å². The number of hydrogen-bond acceptors (Lipinski definition) is 6. The summed E-state index contributed by atoms with van der Waals surface area (Å²) in [5.41, 5.74) is 3.88. The quantitative estimate of drug-likeness (QED) is 0.0960. The molecule has 0 atom stereocenters. The lowest BCUT2D eigenvalue weighted by atomic mass is 9.77. The van der Waals surface area contributed by atoms with E-state index in [1.54, 1.807) is 19.9 Å². The number of rotatable bonds is 12. The molecule has 0 fully saturated rings. The van der Waals surface area contributed by atoms with Crippen molar-refractivity contribution < 1.29 is 19.7 Å². The first-order valence-corrected chi connectivity index (χ1v) is 15.7. The summed E-state index contributed by atoms with van der Waals surface area (Å²) in [5, 5.41) is 25.1. The van der Waals surface area contributed by atoms with Gasteiger partial charge in [-0.05, 0) is 55.2 Å². The van der Waals surface area contributed by atoms with Crippen LogP contribution >= 0.6 is 0 Å². The third-order valence-electron chi connectivity index (χ3n) is 8.11. The van der Waals surface area contributed by atoms with Crippen molar-refractivity contribution in [3.05, 3.63) is 143 Å². The predicted molar refractivity (Wildman–Crippen MR) is 186 cm³/mol. The molecule has 0 saturated carbocycles. The molecule has 0 aliphatic heterocycles. The lowest BCUT2D eigenvalue weighted by Gasteiger charge is -2.37. The summed E-state index contributed by atoms with van der Waals surface area (Å²) in [4.78, 5) is 21.7. The molecule has 47 heavy (non-hydrogen) atoms. The number of carbonyl (C=O) groups is 1. The van der Waals surface area contributed by atoms with E-state index in [2.05, 4.69) is 41.7 Å². The van der Waals surface area contributed by atoms with E-state index in [9.17, 15) is 15.0 Å². The summed E-state index contributed by atoms with van der Waals surface area (Å²) < 4.78 is 7.88. The zero-order chi connectivity index (χ0) is 33.0. The zero-order valence-electron chi connectivity index (χ0n) is 26.7. The van der Waals surface area contributed by atoms with Crippen LogP contribution < -0.4 is 5.32 Å². The van der Waals surface area contributed by atoms with E-state index in [4.69, 9.17) is 14.7 Å². The van der Waals surface area contributed by atoms with Gasteiger partial charge in [-0.3, -0.25) is 0 Å². The average molecular weight is 627 g/mol. The molecule has 2 heterocycles. The van der Waals surface area contributed by atoms with E-state index in [-0.39, 0.29) is 13.2 Å². The number of nitrogens with zero attached hydrogens (tertiary/aromatic N) is 3. The number of carboxylic acid groups (broad SMARTS) is 1. The number of benzene rings is 4. The van der Waals surface area contributed by atoms with Gasteiger partial charge in [-0.15, -0.1) is 0 Å². The van der Waals surface area contributed by atoms with Crippen LogP contribution in [-0.2, 0) is 28.2 Å². The first-order chi connectivity index (χ1) is 22.7. The van der Waals surface area contributed by atoms with Crippen LogP contribution in [0.4, 0.5) is 5.82 Å². The minimum absolute atomic E-state index is 0.253. The minimum Gasteiger partial charge on any atom is -0.478 e. The molecule has 6 rings (SSSR count). The van der Waals surface area contributed by atoms with E-state index >= 15 is 0 Å². The van der Waals surface area contributed by atoms with Gasteiger partial charge in [0.05, 0.1) is 23.2 Å². The highest BCUT2D eigenvalue weighted by Gasteiger charge is 2.38. The topological polar surface area (TPSA) is 110 Å². The Morgan fingerprint density at radius 3 is 1.96 bits per heavy atom. The molecule has 4 aromatic carbocycles. The van der Waals surface area contributed by atoms with Crippen LogP contribution in [-0.4, -0.2) is 42.9 Å². The van der Waals surface area contributed by atoms with Crippen LogP contribution in [0.15, 0.2) is 115 Å². The van der Waals surface area contributed by atoms with Crippen molar-refractivity contribution in [3.8, 4) is 0 Å². The Hall–Kier alpha value is -5.31. The van der Waals surface area contributed by atoms with Crippen molar-refractivity contribution in [3.63, 3.8) is 0 Å². The molecule has 0 spiro atoms. The van der Waals surface area contributed by atoms with Crippen LogP contribution in [0.3, 0.4) is 0 Å². The van der Waals surface area contributed by atoms with Gasteiger partial charge in [-0.1, -0.05) is 103 Å². The Balaban J connectivity index is 1.70. The number of pyridine rings is 1. The Labute approximate surface area is 274 Å². The second-order valence-electron chi connectivity index (χ2n) is 12.1. The molecule has 3 N–H and O–H groups in total. The summed E-state index contributed by atoms with van der Waals surface area (Å²) in [7, 11) is 0. The molecule has 0 unspecified atom stereocenters. The van der Waals surface area contributed by atoms with Crippen LogP contribution in [0.1, 0.15) is 48.8 Å². The molecule has 0 amide bonds. The van der Waals surface area contributed by atoms with E-state index in [0.717, 1.165) is 33.7 Å². The van der Waals surface area contributed by atoms with Crippen LogP contribution in [0.25, 0.3) is 28.0 Å². The number of aromatic nitrogens is 3. The fourth-order valence-electron chi connectivity index (χ4n) is 6.13. The van der Waals surface area contributed by atoms with Crippen LogP contribution in [0, 0.1) is 0 Å². The van der Waals surface area contributed by atoms with Crippen molar-refractivity contribution in [2.75, 3.05) is 11.9 Å². The van der Waals surface area contributed by atoms with Crippen molar-refractivity contribution in [2.24, 2.45) is 0 Å². The van der Waals surface area contributed by atoms with Gasteiger partial charge in [0, 0.05) is 18.1 Å². The molecule has 0 bridgehead atoms. The number of carboxylic acids is 1. The Morgan fingerprint density at radius 1 is 0.872 bits per heavy atom. The number of aliphatic carboxylic acids is 1. The van der Waals surface area contributed by atoms with Crippen molar-refractivity contribution in [1.82, 2.24) is 14.5 Å². The highest BCUT2D eigenvalue weighted by atomic mass is 16.5. The summed E-state index contributed by atoms with van der Waals surface area (Å²) in [5.74, 6) is 0.176. The molecule has 8 nitrogen and oxygen atoms in total. The van der Waals surface area contributed by atoms with E-state index < -0.39 is 17.1 Å². The molecule has 6 aromatic rings. The zero-order valence-corrected chi connectivity index (χ0v) is 26.7. The fourth-order valence-corrected chi connectivity index (χ4v) is 6.13. The lowest BCUT2D eigenvalue weighted by Crippen LogP contribution is -2.38. The SMILES string of the molecule is CCOCc1nc2c(NC(c3ccccc3)(c3ccccc3)c3ccccc3)nc3cc(C=CC(=O)O)ccc3c2n1CC(C)(C)O. The molecule has 238 valence electrons. The average Bonchev–Trinajstić information content (AvgIpc) is 3.43. The van der Waals surface area contributed by atoms with Crippen molar-refractivity contribution in [2.45, 2.75) is 45.1 Å². The molecular weight excluding hydrogens is 588 g/mol. The van der Waals surface area contributed by atoms with Gasteiger partial charge in [-0.25, -0.2) is 14.8 Å². The first-order valence-electron chi connectivity index (χ1n) is 15.7. The Bertz CT molecular complexity index is 1940. The first kappa shape index (κ1) is 31.7. The van der Waals surface area contributed by atoms with Gasteiger partial charge in [0.25, 0.3) is 0 Å². The maximum absolute atomic E-state index is 11.3. The second kappa shape index (κ2) is 13.2. The number of aliphatic hydroxyl groups is 1. The van der Waals surface area contributed by atoms with Gasteiger partial charge < -0.3 is 24.8 Å². The molecule has 2 aromatic heterocycles. The maximum Gasteiger partial charge on any atom is 0.328 e. The van der Waals surface area contributed by atoms with E-state index in [1.807, 2.05) is 84.3 Å². The second-order valence-corrected chi connectivity index (χ2v) is 12.1.